The summed E-state index contributed by atoms with van der Waals surface area (Å²) in [5.41, 5.74) is 4.13. The summed E-state index contributed by atoms with van der Waals surface area (Å²) in [6.45, 7) is 4.30. The number of hydrogen-bond acceptors (Lipinski definition) is 4. The number of halogens is 3. The third kappa shape index (κ3) is 6.07. The molecule has 0 unspecified atom stereocenters. The van der Waals surface area contributed by atoms with Crippen LogP contribution in [0, 0.1) is 0 Å². The molecule has 2 aromatic carbocycles. The van der Waals surface area contributed by atoms with E-state index in [1.54, 1.807) is 12.1 Å². The van der Waals surface area contributed by atoms with Crippen LogP contribution in [0.2, 0.25) is 0 Å². The first-order chi connectivity index (χ1) is 15.8. The molecule has 2 N–H and O–H groups in total. The number of aliphatic hydroxyl groups excluding tert-OH is 1. The first-order valence-electron chi connectivity index (χ1n) is 11.4. The molecule has 1 fully saturated rings. The fourth-order valence-electron chi connectivity index (χ4n) is 4.46. The van der Waals surface area contributed by atoms with Gasteiger partial charge in [0.25, 0.3) is 0 Å². The number of alkyl halides is 3. The summed E-state index contributed by atoms with van der Waals surface area (Å²) in [7, 11) is 1.93. The molecule has 0 aliphatic carbocycles. The summed E-state index contributed by atoms with van der Waals surface area (Å²) in [6, 6.07) is 12.5. The van der Waals surface area contributed by atoms with Crippen molar-refractivity contribution in [1.29, 1.82) is 0 Å². The number of nitrogens with zero attached hydrogens (tertiary/aromatic N) is 2. The van der Waals surface area contributed by atoms with Crippen molar-refractivity contribution in [2.45, 2.75) is 44.8 Å². The van der Waals surface area contributed by atoms with Crippen molar-refractivity contribution in [3.05, 3.63) is 54.2 Å². The average Bonchev–Trinajstić information content (AvgIpc) is 3.13. The highest BCUT2D eigenvalue weighted by molar-refractivity contribution is 5.96. The Morgan fingerprint density at radius 2 is 1.82 bits per heavy atom. The summed E-state index contributed by atoms with van der Waals surface area (Å²) in [5.74, 6) is -0.225. The number of rotatable bonds is 8. The van der Waals surface area contributed by atoms with E-state index in [-0.39, 0.29) is 11.9 Å². The van der Waals surface area contributed by atoms with Gasteiger partial charge in [-0.15, -0.1) is 13.2 Å². The summed E-state index contributed by atoms with van der Waals surface area (Å²) >= 11 is 0. The predicted octanol–water partition coefficient (Wildman–Crippen LogP) is 4.77. The van der Waals surface area contributed by atoms with Gasteiger partial charge < -0.3 is 19.7 Å². The van der Waals surface area contributed by atoms with Gasteiger partial charge in [-0.05, 0) is 68.2 Å². The van der Waals surface area contributed by atoms with Crippen molar-refractivity contribution >= 4 is 10.9 Å². The van der Waals surface area contributed by atoms with E-state index in [1.807, 2.05) is 7.05 Å². The molecule has 0 atom stereocenters. The summed E-state index contributed by atoms with van der Waals surface area (Å²) < 4.78 is 43.8. The predicted molar refractivity (Wildman–Crippen MR) is 123 cm³/mol. The normalized spacial score (nSPS) is 15.9. The zero-order valence-corrected chi connectivity index (χ0v) is 18.7. The number of likely N-dealkylation sites (tertiary alicyclic amines) is 1. The topological polar surface area (TPSA) is 49.7 Å². The van der Waals surface area contributed by atoms with E-state index in [2.05, 4.69) is 43.9 Å². The number of ether oxygens (including phenoxy) is 1. The Bertz CT molecular complexity index is 1060. The number of benzene rings is 2. The molecule has 0 bridgehead atoms. The van der Waals surface area contributed by atoms with Crippen LogP contribution in [-0.2, 0) is 13.1 Å². The lowest BCUT2D eigenvalue weighted by molar-refractivity contribution is -0.274. The van der Waals surface area contributed by atoms with Gasteiger partial charge >= 0.3 is 6.36 Å². The van der Waals surface area contributed by atoms with Crippen LogP contribution in [-0.4, -0.2) is 53.7 Å². The molecule has 5 nitrogen and oxygen atoms in total. The number of aromatic nitrogens is 1. The molecule has 0 spiro atoms. The van der Waals surface area contributed by atoms with Crippen molar-refractivity contribution < 1.29 is 23.0 Å². The molecule has 0 amide bonds. The molecule has 178 valence electrons. The molecule has 8 heteroatoms. The van der Waals surface area contributed by atoms with Gasteiger partial charge in [0.05, 0.1) is 6.10 Å². The van der Waals surface area contributed by atoms with Crippen LogP contribution in [0.25, 0.3) is 22.0 Å². The zero-order valence-electron chi connectivity index (χ0n) is 18.7. The van der Waals surface area contributed by atoms with E-state index >= 15 is 0 Å². The molecule has 1 aromatic heterocycles. The van der Waals surface area contributed by atoms with Crippen LogP contribution in [0.3, 0.4) is 0 Å². The monoisotopic (exact) mass is 461 g/mol. The van der Waals surface area contributed by atoms with Crippen molar-refractivity contribution in [3.63, 3.8) is 0 Å². The van der Waals surface area contributed by atoms with Gasteiger partial charge in [0.2, 0.25) is 0 Å². The molecule has 0 radical (unpaired) electrons. The molecular formula is C25H30F3N3O2. The molecule has 33 heavy (non-hydrogen) atoms. The first kappa shape index (κ1) is 23.6. The lowest BCUT2D eigenvalue weighted by Gasteiger charge is -2.29. The fourth-order valence-corrected chi connectivity index (χ4v) is 4.46. The van der Waals surface area contributed by atoms with Crippen LogP contribution in [0.1, 0.15) is 24.8 Å². The van der Waals surface area contributed by atoms with Gasteiger partial charge in [0.1, 0.15) is 5.75 Å². The summed E-state index contributed by atoms with van der Waals surface area (Å²) in [6.07, 6.45) is -0.267. The van der Waals surface area contributed by atoms with Crippen molar-refractivity contribution in [3.8, 4) is 16.9 Å². The number of hydrogen-bond donors (Lipinski definition) is 2. The van der Waals surface area contributed by atoms with Crippen LogP contribution in [0.4, 0.5) is 13.2 Å². The third-order valence-corrected chi connectivity index (χ3v) is 6.13. The van der Waals surface area contributed by atoms with Crippen molar-refractivity contribution in [1.82, 2.24) is 14.8 Å². The highest BCUT2D eigenvalue weighted by atomic mass is 19.4. The minimum Gasteiger partial charge on any atom is -0.406 e. The van der Waals surface area contributed by atoms with Gasteiger partial charge in [-0.25, -0.2) is 0 Å². The Balaban J connectivity index is 1.64. The van der Waals surface area contributed by atoms with Crippen LogP contribution in [0.15, 0.2) is 48.7 Å². The van der Waals surface area contributed by atoms with Crippen LogP contribution in [0.5, 0.6) is 5.75 Å². The zero-order chi connectivity index (χ0) is 23.4. The van der Waals surface area contributed by atoms with E-state index in [4.69, 9.17) is 0 Å². The SMILES string of the molecule is CNCCCn1cc(-c2ccc(OC(F)(F)F)cc2)c2cc(CN3CCC(O)CC3)ccc21. The van der Waals surface area contributed by atoms with E-state index in [0.29, 0.717) is 0 Å². The van der Waals surface area contributed by atoms with Gasteiger partial charge in [-0.1, -0.05) is 18.2 Å². The lowest BCUT2D eigenvalue weighted by atomic mass is 10.0. The Morgan fingerprint density at radius 3 is 2.48 bits per heavy atom. The second kappa shape index (κ2) is 10.2. The molecule has 0 saturated carbocycles. The molecule has 2 heterocycles. The van der Waals surface area contributed by atoms with Crippen molar-refractivity contribution in [2.75, 3.05) is 26.7 Å². The molecule has 1 aliphatic heterocycles. The maximum absolute atomic E-state index is 12.5. The minimum atomic E-state index is -4.70. The number of aryl methyl sites for hydroxylation is 1. The average molecular weight is 462 g/mol. The quantitative estimate of drug-likeness (QED) is 0.475. The smallest absolute Gasteiger partial charge is 0.406 e. The highest BCUT2D eigenvalue weighted by Gasteiger charge is 2.31. The fraction of sp³-hybridized carbons (Fsp3) is 0.440. The number of piperidine rings is 1. The van der Waals surface area contributed by atoms with Crippen molar-refractivity contribution in [2.24, 2.45) is 0 Å². The maximum Gasteiger partial charge on any atom is 0.573 e. The molecule has 3 aromatic rings. The van der Waals surface area contributed by atoms with Gasteiger partial charge in [-0.3, -0.25) is 4.90 Å². The summed E-state index contributed by atoms with van der Waals surface area (Å²) in [5, 5.41) is 14.0. The number of aliphatic hydroxyl groups is 1. The van der Waals surface area contributed by atoms with Crippen LogP contribution < -0.4 is 10.1 Å². The number of fused-ring (bicyclic) bond motifs is 1. The lowest BCUT2D eigenvalue weighted by Crippen LogP contribution is -2.35. The maximum atomic E-state index is 12.5. The molecule has 4 rings (SSSR count). The Labute approximate surface area is 191 Å². The summed E-state index contributed by atoms with van der Waals surface area (Å²) in [4.78, 5) is 2.35. The standard InChI is InChI=1S/C25H30F3N3O2/c1-29-11-2-12-31-17-23(19-4-6-21(7-5-19)33-25(26,27)28)22-15-18(3-8-24(22)31)16-30-13-9-20(32)10-14-30/h3-8,15,17,20,29,32H,2,9-14,16H2,1H3. The van der Waals surface area contributed by atoms with E-state index in [9.17, 15) is 18.3 Å². The molecular weight excluding hydrogens is 431 g/mol. The van der Waals surface area contributed by atoms with Gasteiger partial charge in [-0.2, -0.15) is 0 Å². The first-order valence-corrected chi connectivity index (χ1v) is 11.4. The van der Waals surface area contributed by atoms with E-state index in [1.165, 1.54) is 17.7 Å². The Morgan fingerprint density at radius 1 is 1.09 bits per heavy atom. The van der Waals surface area contributed by atoms with E-state index < -0.39 is 6.36 Å². The van der Waals surface area contributed by atoms with Gasteiger partial charge in [0.15, 0.2) is 0 Å². The Kier molecular flexibility index (Phi) is 7.26. The van der Waals surface area contributed by atoms with E-state index in [0.717, 1.165) is 74.0 Å². The largest absolute Gasteiger partial charge is 0.573 e. The van der Waals surface area contributed by atoms with Crippen LogP contribution >= 0.6 is 0 Å². The minimum absolute atomic E-state index is 0.203. The second-order valence-corrected chi connectivity index (χ2v) is 8.62. The van der Waals surface area contributed by atoms with Gasteiger partial charge in [0, 0.05) is 48.8 Å². The second-order valence-electron chi connectivity index (χ2n) is 8.62. The molecule has 1 aliphatic rings. The molecule has 1 saturated heterocycles. The third-order valence-electron chi connectivity index (χ3n) is 6.13. The Hall–Kier alpha value is -2.55. The highest BCUT2D eigenvalue weighted by Crippen LogP contribution is 2.34. The number of nitrogens with one attached hydrogen (secondary N) is 1.